The number of carbonyl (C=O) groups excluding carboxylic acids is 2. The SMILES string of the molecule is Cc1nc(-c2ccccc2)sc1C(=O)NNC(=O)CC12C[C@@H]3C[C@@H](CC(O)(C3)C1)C2. The summed E-state index contributed by atoms with van der Waals surface area (Å²) in [5, 5.41) is 11.7. The van der Waals surface area contributed by atoms with Gasteiger partial charge >= 0.3 is 0 Å². The zero-order chi connectivity index (χ0) is 20.9. The molecule has 30 heavy (non-hydrogen) atoms. The van der Waals surface area contributed by atoms with E-state index < -0.39 is 5.60 Å². The van der Waals surface area contributed by atoms with Crippen molar-refractivity contribution in [1.29, 1.82) is 0 Å². The van der Waals surface area contributed by atoms with Crippen LogP contribution in [0.15, 0.2) is 30.3 Å². The summed E-state index contributed by atoms with van der Waals surface area (Å²) in [4.78, 5) is 30.3. The zero-order valence-electron chi connectivity index (χ0n) is 17.1. The minimum atomic E-state index is -0.582. The lowest BCUT2D eigenvalue weighted by molar-refractivity contribution is -0.169. The Morgan fingerprint density at radius 1 is 1.13 bits per heavy atom. The second-order valence-electron chi connectivity index (χ2n) is 9.66. The highest BCUT2D eigenvalue weighted by Gasteiger charge is 2.57. The highest BCUT2D eigenvalue weighted by atomic mass is 32.1. The van der Waals surface area contributed by atoms with Gasteiger partial charge in [-0.15, -0.1) is 11.3 Å². The first-order chi connectivity index (χ1) is 14.3. The fourth-order valence-corrected chi connectivity index (χ4v) is 7.45. The van der Waals surface area contributed by atoms with E-state index in [4.69, 9.17) is 0 Å². The van der Waals surface area contributed by atoms with Gasteiger partial charge in [-0.1, -0.05) is 30.3 Å². The Kier molecular flexibility index (Phi) is 4.71. The fraction of sp³-hybridized carbons (Fsp3) is 0.522. The molecule has 3 N–H and O–H groups in total. The maximum atomic E-state index is 12.7. The van der Waals surface area contributed by atoms with Gasteiger partial charge in [0.05, 0.1) is 11.3 Å². The summed E-state index contributed by atoms with van der Waals surface area (Å²) < 4.78 is 0. The predicted molar refractivity (Wildman–Crippen MR) is 115 cm³/mol. The Labute approximate surface area is 180 Å². The first-order valence-electron chi connectivity index (χ1n) is 10.7. The van der Waals surface area contributed by atoms with Crippen LogP contribution < -0.4 is 10.9 Å². The molecule has 1 heterocycles. The summed E-state index contributed by atoms with van der Waals surface area (Å²) in [6.45, 7) is 1.80. The number of nitrogens with one attached hydrogen (secondary N) is 2. The Bertz CT molecular complexity index is 973. The van der Waals surface area contributed by atoms with Crippen LogP contribution in [0.1, 0.15) is 60.3 Å². The van der Waals surface area contributed by atoms with Crippen molar-refractivity contribution in [3.05, 3.63) is 40.9 Å². The molecule has 0 aliphatic heterocycles. The number of aromatic nitrogens is 1. The molecule has 0 saturated heterocycles. The number of hydrogen-bond acceptors (Lipinski definition) is 5. The van der Waals surface area contributed by atoms with E-state index in [0.29, 0.717) is 35.2 Å². The van der Waals surface area contributed by atoms with Crippen molar-refractivity contribution in [2.75, 3.05) is 0 Å². The highest BCUT2D eigenvalue weighted by Crippen LogP contribution is 2.62. The van der Waals surface area contributed by atoms with Crippen LogP contribution in [-0.4, -0.2) is 27.5 Å². The number of rotatable bonds is 4. The molecule has 6 rings (SSSR count). The zero-order valence-corrected chi connectivity index (χ0v) is 17.9. The summed E-state index contributed by atoms with van der Waals surface area (Å²) >= 11 is 1.32. The smallest absolute Gasteiger partial charge is 0.281 e. The van der Waals surface area contributed by atoms with Crippen LogP contribution in [0.4, 0.5) is 0 Å². The molecule has 4 atom stereocenters. The van der Waals surface area contributed by atoms with E-state index in [9.17, 15) is 14.7 Å². The Hall–Kier alpha value is -2.25. The van der Waals surface area contributed by atoms with Gasteiger partial charge in [0.25, 0.3) is 5.91 Å². The van der Waals surface area contributed by atoms with Gasteiger partial charge in [0.15, 0.2) is 0 Å². The van der Waals surface area contributed by atoms with Crippen molar-refractivity contribution in [3.8, 4) is 10.6 Å². The summed E-state index contributed by atoms with van der Waals surface area (Å²) in [5.41, 5.74) is 6.08. The number of thiazole rings is 1. The van der Waals surface area contributed by atoms with E-state index in [2.05, 4.69) is 15.8 Å². The minimum Gasteiger partial charge on any atom is -0.390 e. The number of aryl methyl sites for hydroxylation is 1. The van der Waals surface area contributed by atoms with Crippen molar-refractivity contribution >= 4 is 23.2 Å². The van der Waals surface area contributed by atoms with Gasteiger partial charge in [-0.3, -0.25) is 20.4 Å². The summed E-state index contributed by atoms with van der Waals surface area (Å²) in [6, 6.07) is 9.73. The molecule has 4 saturated carbocycles. The highest BCUT2D eigenvalue weighted by molar-refractivity contribution is 7.17. The third kappa shape index (κ3) is 3.65. The molecular weight excluding hydrogens is 398 g/mol. The topological polar surface area (TPSA) is 91.3 Å². The van der Waals surface area contributed by atoms with Gasteiger partial charge in [-0.05, 0) is 62.7 Å². The quantitative estimate of drug-likeness (QED) is 0.653. The van der Waals surface area contributed by atoms with E-state index in [-0.39, 0.29) is 17.2 Å². The molecule has 1 aromatic heterocycles. The Morgan fingerprint density at radius 3 is 2.50 bits per heavy atom. The number of aliphatic hydroxyl groups is 1. The maximum absolute atomic E-state index is 12.7. The predicted octanol–water partition coefficient (Wildman–Crippen LogP) is 3.60. The monoisotopic (exact) mass is 425 g/mol. The van der Waals surface area contributed by atoms with Gasteiger partial charge in [0, 0.05) is 12.0 Å². The Morgan fingerprint density at radius 2 is 1.83 bits per heavy atom. The van der Waals surface area contributed by atoms with E-state index in [1.54, 1.807) is 6.92 Å². The van der Waals surface area contributed by atoms with Crippen molar-refractivity contribution < 1.29 is 14.7 Å². The average molecular weight is 426 g/mol. The van der Waals surface area contributed by atoms with E-state index >= 15 is 0 Å². The third-order valence-electron chi connectivity index (χ3n) is 7.03. The molecular formula is C23H27N3O3S. The summed E-state index contributed by atoms with van der Waals surface area (Å²) in [7, 11) is 0. The largest absolute Gasteiger partial charge is 0.390 e. The van der Waals surface area contributed by atoms with Crippen LogP contribution in [0.2, 0.25) is 0 Å². The molecule has 2 unspecified atom stereocenters. The molecule has 2 amide bonds. The average Bonchev–Trinajstić information content (AvgIpc) is 3.06. The molecule has 4 aliphatic rings. The molecule has 158 valence electrons. The molecule has 2 aromatic rings. The lowest BCUT2D eigenvalue weighted by Crippen LogP contribution is -2.57. The number of hydrogen-bond donors (Lipinski definition) is 3. The van der Waals surface area contributed by atoms with Gasteiger partial charge in [-0.25, -0.2) is 4.98 Å². The molecule has 4 fully saturated rings. The number of hydrazine groups is 1. The number of nitrogens with zero attached hydrogens (tertiary/aromatic N) is 1. The second-order valence-corrected chi connectivity index (χ2v) is 10.7. The number of benzene rings is 1. The van der Waals surface area contributed by atoms with Crippen molar-refractivity contribution in [2.24, 2.45) is 17.3 Å². The third-order valence-corrected chi connectivity index (χ3v) is 8.23. The summed E-state index contributed by atoms with van der Waals surface area (Å²) in [6.07, 6.45) is 6.07. The molecule has 6 nitrogen and oxygen atoms in total. The van der Waals surface area contributed by atoms with E-state index in [1.807, 2.05) is 30.3 Å². The lowest BCUT2D eigenvalue weighted by atomic mass is 9.47. The second kappa shape index (κ2) is 7.17. The van der Waals surface area contributed by atoms with Crippen molar-refractivity contribution in [1.82, 2.24) is 15.8 Å². The number of amides is 2. The first-order valence-corrected chi connectivity index (χ1v) is 11.5. The molecule has 0 radical (unpaired) electrons. The van der Waals surface area contributed by atoms with Crippen LogP contribution in [-0.2, 0) is 4.79 Å². The van der Waals surface area contributed by atoms with Crippen molar-refractivity contribution in [2.45, 2.75) is 57.5 Å². The molecule has 4 bridgehead atoms. The Balaban J connectivity index is 1.21. The van der Waals surface area contributed by atoms with Gasteiger partial charge < -0.3 is 5.11 Å². The molecule has 4 aliphatic carbocycles. The van der Waals surface area contributed by atoms with Gasteiger partial charge in [0.1, 0.15) is 9.88 Å². The van der Waals surface area contributed by atoms with Crippen molar-refractivity contribution in [3.63, 3.8) is 0 Å². The minimum absolute atomic E-state index is 0.117. The van der Waals surface area contributed by atoms with Crippen LogP contribution in [0.3, 0.4) is 0 Å². The normalized spacial score (nSPS) is 31.5. The van der Waals surface area contributed by atoms with Crippen LogP contribution in [0, 0.1) is 24.2 Å². The van der Waals surface area contributed by atoms with E-state index in [0.717, 1.165) is 36.3 Å². The van der Waals surface area contributed by atoms with Crippen LogP contribution >= 0.6 is 11.3 Å². The van der Waals surface area contributed by atoms with Crippen LogP contribution in [0.5, 0.6) is 0 Å². The first kappa shape index (κ1) is 19.7. The molecule has 7 heteroatoms. The van der Waals surface area contributed by atoms with Gasteiger partial charge in [-0.2, -0.15) is 0 Å². The fourth-order valence-electron chi connectivity index (χ4n) is 6.49. The van der Waals surface area contributed by atoms with Crippen LogP contribution in [0.25, 0.3) is 10.6 Å². The lowest BCUT2D eigenvalue weighted by Gasteiger charge is -2.60. The van der Waals surface area contributed by atoms with Gasteiger partial charge in [0.2, 0.25) is 5.91 Å². The van der Waals surface area contributed by atoms with E-state index in [1.165, 1.54) is 17.8 Å². The maximum Gasteiger partial charge on any atom is 0.281 e. The molecule has 1 aromatic carbocycles. The molecule has 0 spiro atoms. The standard InChI is InChI=1S/C23H27N3O3S/c1-14-19(30-21(24-14)17-5-3-2-4-6-17)20(28)26-25-18(27)12-22-8-15-7-16(9-22)11-23(29,10-15)13-22/h2-6,15-16,29H,7-13H2,1H3,(H,25,27)(H,26,28)/t15-,16+,22?,23?. The summed E-state index contributed by atoms with van der Waals surface area (Å²) in [5.74, 6) is 0.550. The number of carbonyl (C=O) groups is 2.